The number of nitriles is 1. The van der Waals surface area contributed by atoms with Crippen molar-refractivity contribution in [1.82, 2.24) is 20.9 Å². The molecule has 220 valence electrons. The molecule has 3 aliphatic carbocycles. The minimum Gasteiger partial charge on any atom is -0.350 e. The molecule has 4 unspecified atom stereocenters. The van der Waals surface area contributed by atoms with Crippen LogP contribution in [0.4, 0.5) is 26.3 Å². The van der Waals surface area contributed by atoms with Gasteiger partial charge in [-0.25, -0.2) is 0 Å². The summed E-state index contributed by atoms with van der Waals surface area (Å²) >= 11 is 0. The molecule has 2 saturated heterocycles. The van der Waals surface area contributed by atoms with Gasteiger partial charge in [0.2, 0.25) is 17.7 Å². The molecule has 15 heteroatoms. The zero-order valence-electron chi connectivity index (χ0n) is 21.7. The van der Waals surface area contributed by atoms with Gasteiger partial charge < -0.3 is 20.9 Å². The van der Waals surface area contributed by atoms with Gasteiger partial charge in [0.05, 0.1) is 11.5 Å². The van der Waals surface area contributed by atoms with Gasteiger partial charge in [-0.1, -0.05) is 13.8 Å². The summed E-state index contributed by atoms with van der Waals surface area (Å²) in [5.74, 6) is -6.53. The van der Waals surface area contributed by atoms with Crippen LogP contribution in [-0.4, -0.2) is 71.1 Å². The third-order valence-electron chi connectivity index (χ3n) is 9.69. The Labute approximate surface area is 225 Å². The highest BCUT2D eigenvalue weighted by molar-refractivity contribution is 5.95. The van der Waals surface area contributed by atoms with Crippen molar-refractivity contribution in [2.45, 2.75) is 88.4 Å². The van der Waals surface area contributed by atoms with Gasteiger partial charge in [0.15, 0.2) is 0 Å². The van der Waals surface area contributed by atoms with Crippen molar-refractivity contribution < 1.29 is 45.5 Å². The summed E-state index contributed by atoms with van der Waals surface area (Å²) in [6.07, 6.45) is -9.79. The number of fused-ring (bicyclic) bond motifs is 1. The minimum absolute atomic E-state index is 0.00454. The third kappa shape index (κ3) is 4.56. The van der Waals surface area contributed by atoms with Crippen molar-refractivity contribution in [2.24, 2.45) is 28.6 Å². The normalized spacial score (nSPS) is 31.9. The molecule has 9 nitrogen and oxygen atoms in total. The molecule has 1 spiro atoms. The van der Waals surface area contributed by atoms with Gasteiger partial charge >= 0.3 is 18.3 Å². The summed E-state index contributed by atoms with van der Waals surface area (Å²) in [4.78, 5) is 51.8. The fraction of sp³-hybridized carbons (Fsp3) is 0.800. The van der Waals surface area contributed by atoms with Crippen molar-refractivity contribution in [3.63, 3.8) is 0 Å². The average molecular weight is 578 g/mol. The first kappa shape index (κ1) is 28.5. The molecule has 4 amide bonds. The molecule has 0 aromatic carbocycles. The zero-order valence-corrected chi connectivity index (χ0v) is 21.7. The Bertz CT molecular complexity index is 1190. The van der Waals surface area contributed by atoms with Crippen molar-refractivity contribution in [3.8, 4) is 6.07 Å². The number of rotatable bonds is 7. The van der Waals surface area contributed by atoms with Crippen molar-refractivity contribution >= 4 is 23.6 Å². The van der Waals surface area contributed by atoms with Gasteiger partial charge in [-0.3, -0.25) is 19.2 Å². The lowest BCUT2D eigenvalue weighted by Crippen LogP contribution is -2.62. The number of alkyl halides is 6. The number of piperidine rings is 1. The number of nitrogens with one attached hydrogen (secondary N) is 3. The molecular weight excluding hydrogens is 548 g/mol. The van der Waals surface area contributed by atoms with E-state index >= 15 is 0 Å². The Balaban J connectivity index is 1.36. The second-order valence-corrected chi connectivity index (χ2v) is 12.5. The molecule has 5 rings (SSSR count). The Morgan fingerprint density at radius 3 is 2.20 bits per heavy atom. The number of nitrogens with zero attached hydrogens (tertiary/aromatic N) is 2. The van der Waals surface area contributed by atoms with Crippen LogP contribution in [-0.2, 0) is 19.2 Å². The van der Waals surface area contributed by atoms with E-state index in [0.717, 1.165) is 17.7 Å². The van der Waals surface area contributed by atoms with Crippen LogP contribution < -0.4 is 16.0 Å². The first-order valence-electron chi connectivity index (χ1n) is 13.1. The van der Waals surface area contributed by atoms with E-state index in [1.54, 1.807) is 13.8 Å². The fourth-order valence-electron chi connectivity index (χ4n) is 6.83. The maximum absolute atomic E-state index is 14.0. The lowest BCUT2D eigenvalue weighted by molar-refractivity contribution is -0.204. The van der Waals surface area contributed by atoms with Crippen LogP contribution in [0.3, 0.4) is 0 Å². The van der Waals surface area contributed by atoms with Crippen LogP contribution >= 0.6 is 0 Å². The number of carbonyl (C=O) groups excluding carboxylic acids is 4. The molecule has 0 bridgehead atoms. The largest absolute Gasteiger partial charge is 0.471 e. The first-order chi connectivity index (χ1) is 18.4. The molecule has 5 fully saturated rings. The molecule has 3 saturated carbocycles. The maximum Gasteiger partial charge on any atom is 0.471 e. The molecule has 0 aromatic rings. The van der Waals surface area contributed by atoms with E-state index in [-0.39, 0.29) is 30.3 Å². The van der Waals surface area contributed by atoms with E-state index in [0.29, 0.717) is 6.42 Å². The summed E-state index contributed by atoms with van der Waals surface area (Å²) in [6.45, 7) is 3.40. The van der Waals surface area contributed by atoms with E-state index in [9.17, 15) is 50.8 Å². The van der Waals surface area contributed by atoms with Gasteiger partial charge in [0.1, 0.15) is 18.1 Å². The topological polar surface area (TPSA) is 131 Å². The maximum atomic E-state index is 14.0. The van der Waals surface area contributed by atoms with Gasteiger partial charge in [0.25, 0.3) is 0 Å². The molecule has 2 heterocycles. The molecular formula is C25H29F6N5O4. The zero-order chi connectivity index (χ0) is 29.6. The molecule has 6 atom stereocenters. The fourth-order valence-corrected chi connectivity index (χ4v) is 6.83. The second kappa shape index (κ2) is 8.72. The monoisotopic (exact) mass is 577 g/mol. The third-order valence-corrected chi connectivity index (χ3v) is 9.69. The highest BCUT2D eigenvalue weighted by Gasteiger charge is 2.74. The summed E-state index contributed by atoms with van der Waals surface area (Å²) in [5.41, 5.74) is -3.63. The number of amides is 4. The van der Waals surface area contributed by atoms with E-state index in [4.69, 9.17) is 0 Å². The molecule has 0 aromatic heterocycles. The first-order valence-corrected chi connectivity index (χ1v) is 13.1. The quantitative estimate of drug-likeness (QED) is 0.398. The van der Waals surface area contributed by atoms with Crippen molar-refractivity contribution in [1.29, 1.82) is 5.26 Å². The van der Waals surface area contributed by atoms with E-state index < -0.39 is 83.7 Å². The smallest absolute Gasteiger partial charge is 0.350 e. The highest BCUT2D eigenvalue weighted by Crippen LogP contribution is 2.66. The van der Waals surface area contributed by atoms with Crippen LogP contribution in [0.5, 0.6) is 0 Å². The van der Waals surface area contributed by atoms with Crippen LogP contribution in [0.1, 0.15) is 52.4 Å². The van der Waals surface area contributed by atoms with Crippen LogP contribution in [0.15, 0.2) is 0 Å². The summed E-state index contributed by atoms with van der Waals surface area (Å²) in [7, 11) is 0. The Hall–Kier alpha value is -3.05. The number of likely N-dealkylation sites (tertiary alicyclic amines) is 1. The Morgan fingerprint density at radius 1 is 1.10 bits per heavy atom. The number of halogens is 6. The SMILES string of the molecule is CC1(C)C2CN(C(=O)C(NC(=O)C(F)(F)F)C3(C(F)(F)F)CC3)C(C(=O)N[C@H](C#N)C[C@@H]3CC4(CC4)NC3=O)C21. The average Bonchev–Trinajstić information content (AvgIpc) is 3.78. The Morgan fingerprint density at radius 2 is 1.73 bits per heavy atom. The minimum atomic E-state index is -5.53. The Kier molecular flexibility index (Phi) is 6.21. The molecule has 0 radical (unpaired) electrons. The number of hydrogen-bond acceptors (Lipinski definition) is 5. The summed E-state index contributed by atoms with van der Waals surface area (Å²) < 4.78 is 80.9. The lowest BCUT2D eigenvalue weighted by atomic mass is 9.92. The van der Waals surface area contributed by atoms with Gasteiger partial charge in [-0.15, -0.1) is 0 Å². The molecule has 40 heavy (non-hydrogen) atoms. The van der Waals surface area contributed by atoms with Gasteiger partial charge in [-0.2, -0.15) is 31.6 Å². The molecule has 5 aliphatic rings. The van der Waals surface area contributed by atoms with Crippen LogP contribution in [0.25, 0.3) is 0 Å². The molecule has 2 aliphatic heterocycles. The van der Waals surface area contributed by atoms with Crippen LogP contribution in [0.2, 0.25) is 0 Å². The van der Waals surface area contributed by atoms with Crippen molar-refractivity contribution in [2.75, 3.05) is 6.54 Å². The van der Waals surface area contributed by atoms with E-state index in [1.165, 1.54) is 5.32 Å². The second-order valence-electron chi connectivity index (χ2n) is 12.5. The van der Waals surface area contributed by atoms with Gasteiger partial charge in [0, 0.05) is 18.0 Å². The predicted octanol–water partition coefficient (Wildman–Crippen LogP) is 1.93. The molecule has 3 N–H and O–H groups in total. The van der Waals surface area contributed by atoms with E-state index in [1.807, 2.05) is 6.07 Å². The standard InChI is InChI=1S/C25H29F6N5O4/c1-21(2)13-10-36(19(39)16(34-20(40)24(26,27)28)23(5-6-23)25(29,30)31)15(14(13)21)18(38)33-12(9-32)7-11-8-22(3-4-22)35-17(11)37/h11-16H,3-8,10H2,1-2H3,(H,33,38)(H,34,40)(H,35,37)/t11-,12+,13?,14?,15?,16?/m1/s1. The van der Waals surface area contributed by atoms with Crippen molar-refractivity contribution in [3.05, 3.63) is 0 Å². The highest BCUT2D eigenvalue weighted by atomic mass is 19.4. The summed E-state index contributed by atoms with van der Waals surface area (Å²) in [6, 6.07) is -3.14. The van der Waals surface area contributed by atoms with E-state index in [2.05, 4.69) is 10.6 Å². The predicted molar refractivity (Wildman–Crippen MR) is 122 cm³/mol. The lowest BCUT2D eigenvalue weighted by Gasteiger charge is -2.36. The summed E-state index contributed by atoms with van der Waals surface area (Å²) in [5, 5.41) is 16.3. The van der Waals surface area contributed by atoms with Gasteiger partial charge in [-0.05, 0) is 55.8 Å². The number of carbonyl (C=O) groups is 4. The van der Waals surface area contributed by atoms with Crippen LogP contribution in [0, 0.1) is 39.9 Å². The number of hydrogen-bond donors (Lipinski definition) is 3.